The van der Waals surface area contributed by atoms with Crippen LogP contribution in [0.1, 0.15) is 11.7 Å². The Labute approximate surface area is 100 Å². The molecule has 4 nitrogen and oxygen atoms in total. The van der Waals surface area contributed by atoms with Crippen molar-refractivity contribution in [2.24, 2.45) is 0 Å². The Bertz CT molecular complexity index is 454. The average Bonchev–Trinajstić information content (AvgIpc) is 2.61. The van der Waals surface area contributed by atoms with Gasteiger partial charge in [-0.15, -0.1) is 0 Å². The van der Waals surface area contributed by atoms with E-state index in [1.54, 1.807) is 0 Å². The fourth-order valence-electron chi connectivity index (χ4n) is 1.91. The average molecular weight is 264 g/mol. The molecule has 2 rings (SSSR count). The van der Waals surface area contributed by atoms with Crippen LogP contribution >= 0.6 is 0 Å². The molecule has 100 valence electrons. The maximum atomic E-state index is 13.5. The highest BCUT2D eigenvalue weighted by molar-refractivity contribution is 5.25. The quantitative estimate of drug-likeness (QED) is 0.670. The molecule has 0 amide bonds. The van der Waals surface area contributed by atoms with Crippen LogP contribution in [0.3, 0.4) is 0 Å². The normalized spacial score (nSPS) is 31.9. The van der Waals surface area contributed by atoms with Crippen LogP contribution in [0.2, 0.25) is 0 Å². The monoisotopic (exact) mass is 264 g/mol. The van der Waals surface area contributed by atoms with E-state index >= 15 is 0 Å². The van der Waals surface area contributed by atoms with Gasteiger partial charge in [-0.25, -0.2) is 13.2 Å². The van der Waals surface area contributed by atoms with E-state index in [0.29, 0.717) is 12.1 Å². The highest BCUT2D eigenvalue weighted by atomic mass is 19.2. The second kappa shape index (κ2) is 4.85. The molecular weight excluding hydrogens is 253 g/mol. The van der Waals surface area contributed by atoms with Crippen molar-refractivity contribution in [3.63, 3.8) is 0 Å². The zero-order chi connectivity index (χ0) is 13.4. The summed E-state index contributed by atoms with van der Waals surface area (Å²) < 4.78 is 44.3. The summed E-state index contributed by atoms with van der Waals surface area (Å²) in [5.74, 6) is -3.74. The smallest absolute Gasteiger partial charge is 0.161 e. The highest BCUT2D eigenvalue weighted by Crippen LogP contribution is 2.35. The second-order valence-electron chi connectivity index (χ2n) is 4.05. The first-order valence-electron chi connectivity index (χ1n) is 5.22. The lowest BCUT2D eigenvalue weighted by Gasteiger charge is -2.15. The summed E-state index contributed by atoms with van der Waals surface area (Å²) >= 11 is 0. The summed E-state index contributed by atoms with van der Waals surface area (Å²) in [6, 6.07) is 0.893. The van der Waals surface area contributed by atoms with Gasteiger partial charge in [0.15, 0.2) is 11.6 Å². The maximum absolute atomic E-state index is 13.5. The van der Waals surface area contributed by atoms with Crippen LogP contribution in [0.25, 0.3) is 0 Å². The molecule has 0 unspecified atom stereocenters. The first kappa shape index (κ1) is 13.3. The number of aliphatic hydroxyl groups excluding tert-OH is 3. The van der Waals surface area contributed by atoms with Gasteiger partial charge in [-0.3, -0.25) is 0 Å². The number of halogens is 3. The molecule has 3 N–H and O–H groups in total. The number of ether oxygens (including phenoxy) is 1. The number of hydrogen-bond donors (Lipinski definition) is 3. The Morgan fingerprint density at radius 3 is 2.17 bits per heavy atom. The third-order valence-electron chi connectivity index (χ3n) is 2.89. The third-order valence-corrected chi connectivity index (χ3v) is 2.89. The molecule has 0 radical (unpaired) electrons. The zero-order valence-electron chi connectivity index (χ0n) is 9.05. The molecule has 1 heterocycles. The van der Waals surface area contributed by atoms with Crippen molar-refractivity contribution in [3.8, 4) is 0 Å². The predicted molar refractivity (Wildman–Crippen MR) is 53.0 cm³/mol. The van der Waals surface area contributed by atoms with E-state index in [0.717, 1.165) is 0 Å². The Balaban J connectivity index is 2.35. The van der Waals surface area contributed by atoms with Gasteiger partial charge < -0.3 is 20.1 Å². The molecule has 0 spiro atoms. The third kappa shape index (κ3) is 2.10. The molecular formula is C11H11F3O4. The van der Waals surface area contributed by atoms with E-state index < -0.39 is 54.0 Å². The van der Waals surface area contributed by atoms with Gasteiger partial charge in [-0.2, -0.15) is 0 Å². The molecule has 1 fully saturated rings. The van der Waals surface area contributed by atoms with Gasteiger partial charge in [0.2, 0.25) is 0 Å². The van der Waals surface area contributed by atoms with E-state index in [-0.39, 0.29) is 0 Å². The Morgan fingerprint density at radius 2 is 1.61 bits per heavy atom. The Kier molecular flexibility index (Phi) is 3.58. The second-order valence-corrected chi connectivity index (χ2v) is 4.05. The number of benzene rings is 1. The van der Waals surface area contributed by atoms with Crippen LogP contribution in [0, 0.1) is 17.5 Å². The topological polar surface area (TPSA) is 69.9 Å². The number of hydrogen-bond acceptors (Lipinski definition) is 4. The molecule has 0 aromatic heterocycles. The lowest BCUT2D eigenvalue weighted by Crippen LogP contribution is -2.32. The van der Waals surface area contributed by atoms with Crippen molar-refractivity contribution in [2.45, 2.75) is 24.4 Å². The summed E-state index contributed by atoms with van der Waals surface area (Å²) in [7, 11) is 0. The molecule has 1 aliphatic heterocycles. The van der Waals surface area contributed by atoms with Crippen molar-refractivity contribution in [3.05, 3.63) is 35.1 Å². The first-order valence-corrected chi connectivity index (χ1v) is 5.22. The molecule has 1 aromatic rings. The number of rotatable bonds is 2. The highest BCUT2D eigenvalue weighted by Gasteiger charge is 2.44. The Hall–Kier alpha value is -1.15. The lowest BCUT2D eigenvalue weighted by atomic mass is 10.0. The molecule has 4 atom stereocenters. The summed E-state index contributed by atoms with van der Waals surface area (Å²) in [5, 5.41) is 28.0. The van der Waals surface area contributed by atoms with Gasteiger partial charge in [0, 0.05) is 11.6 Å². The zero-order valence-corrected chi connectivity index (χ0v) is 9.05. The van der Waals surface area contributed by atoms with E-state index in [9.17, 15) is 23.4 Å². The molecule has 0 saturated carbocycles. The Morgan fingerprint density at radius 1 is 1.00 bits per heavy atom. The van der Waals surface area contributed by atoms with Gasteiger partial charge in [0.25, 0.3) is 0 Å². The van der Waals surface area contributed by atoms with E-state index in [4.69, 9.17) is 9.84 Å². The van der Waals surface area contributed by atoms with E-state index in [2.05, 4.69) is 0 Å². The van der Waals surface area contributed by atoms with Gasteiger partial charge in [-0.05, 0) is 6.07 Å². The molecule has 0 aliphatic carbocycles. The first-order chi connectivity index (χ1) is 8.45. The summed E-state index contributed by atoms with van der Waals surface area (Å²) in [5.41, 5.74) is -0.406. The summed E-state index contributed by atoms with van der Waals surface area (Å²) in [6.45, 7) is -0.583. The van der Waals surface area contributed by atoms with Gasteiger partial charge in [0.1, 0.15) is 30.2 Å². The molecule has 1 aliphatic rings. The SMILES string of the molecule is OC[C@H]1O[C@@H](c2cc(F)c(F)cc2F)[C@H](O)[C@@H]1O. The molecule has 1 aromatic carbocycles. The van der Waals surface area contributed by atoms with Crippen molar-refractivity contribution in [2.75, 3.05) is 6.61 Å². The molecule has 18 heavy (non-hydrogen) atoms. The van der Waals surface area contributed by atoms with E-state index in [1.165, 1.54) is 0 Å². The summed E-state index contributed by atoms with van der Waals surface area (Å²) in [6.07, 6.45) is -5.40. The molecule has 7 heteroatoms. The van der Waals surface area contributed by atoms with Crippen molar-refractivity contribution >= 4 is 0 Å². The molecule has 1 saturated heterocycles. The summed E-state index contributed by atoms with van der Waals surface area (Å²) in [4.78, 5) is 0. The minimum Gasteiger partial charge on any atom is -0.394 e. The predicted octanol–water partition coefficient (Wildman–Crippen LogP) is 0.258. The molecule has 0 bridgehead atoms. The van der Waals surface area contributed by atoms with E-state index in [1.807, 2.05) is 0 Å². The fourth-order valence-corrected chi connectivity index (χ4v) is 1.91. The van der Waals surface area contributed by atoms with Gasteiger partial charge in [-0.1, -0.05) is 0 Å². The van der Waals surface area contributed by atoms with Crippen LogP contribution in [0.4, 0.5) is 13.2 Å². The maximum Gasteiger partial charge on any atom is 0.161 e. The van der Waals surface area contributed by atoms with Crippen LogP contribution in [-0.4, -0.2) is 40.2 Å². The minimum atomic E-state index is -1.53. The van der Waals surface area contributed by atoms with Crippen molar-refractivity contribution in [1.82, 2.24) is 0 Å². The van der Waals surface area contributed by atoms with Crippen LogP contribution in [-0.2, 0) is 4.74 Å². The van der Waals surface area contributed by atoms with Gasteiger partial charge >= 0.3 is 0 Å². The van der Waals surface area contributed by atoms with Crippen molar-refractivity contribution < 1.29 is 33.2 Å². The van der Waals surface area contributed by atoms with Crippen LogP contribution in [0.5, 0.6) is 0 Å². The number of aliphatic hydroxyl groups is 3. The van der Waals surface area contributed by atoms with Crippen LogP contribution < -0.4 is 0 Å². The van der Waals surface area contributed by atoms with Gasteiger partial charge in [0.05, 0.1) is 6.61 Å². The van der Waals surface area contributed by atoms with Crippen LogP contribution in [0.15, 0.2) is 12.1 Å². The van der Waals surface area contributed by atoms with Crippen molar-refractivity contribution in [1.29, 1.82) is 0 Å². The fraction of sp³-hybridized carbons (Fsp3) is 0.455. The standard InChI is InChI=1S/C11H11F3O4/c12-5-2-7(14)6(13)1-4(5)11-10(17)9(16)8(3-15)18-11/h1-2,8-11,15-17H,3H2/t8-,9-,10-,11+/m1/s1. The minimum absolute atomic E-state index is 0.333. The largest absolute Gasteiger partial charge is 0.394 e. The lowest BCUT2D eigenvalue weighted by molar-refractivity contribution is -0.0238.